The maximum atomic E-state index is 13.2. The molecule has 1 aromatic heterocycles. The normalized spacial score (nSPS) is 11.4. The van der Waals surface area contributed by atoms with Crippen LogP contribution in [0, 0.1) is 5.82 Å². The van der Waals surface area contributed by atoms with E-state index in [1.54, 1.807) is 6.07 Å². The molecule has 2 aromatic carbocycles. The van der Waals surface area contributed by atoms with Crippen LogP contribution < -0.4 is 4.74 Å². The first-order valence-corrected chi connectivity index (χ1v) is 7.64. The van der Waals surface area contributed by atoms with Crippen molar-refractivity contribution in [1.29, 1.82) is 0 Å². The minimum Gasteiger partial charge on any atom is -0.491 e. The summed E-state index contributed by atoms with van der Waals surface area (Å²) in [5.74, 6) is 0.435. The van der Waals surface area contributed by atoms with Gasteiger partial charge in [0.25, 0.3) is 0 Å². The van der Waals surface area contributed by atoms with Gasteiger partial charge < -0.3 is 9.84 Å². The zero-order chi connectivity index (χ0) is 15.4. The lowest BCUT2D eigenvalue weighted by molar-refractivity contribution is 0.201. The van der Waals surface area contributed by atoms with E-state index in [-0.39, 0.29) is 19.0 Å². The van der Waals surface area contributed by atoms with Crippen LogP contribution in [0.4, 0.5) is 4.39 Å². The largest absolute Gasteiger partial charge is 0.491 e. The SMILES string of the molecule is OCCOc1cccc(C=Cc2nc3cc(F)ccc3s2)c1. The van der Waals surface area contributed by atoms with Gasteiger partial charge in [-0.2, -0.15) is 0 Å². The number of hydrogen-bond donors (Lipinski definition) is 1. The number of benzene rings is 2. The third kappa shape index (κ3) is 3.50. The molecule has 3 aromatic rings. The lowest BCUT2D eigenvalue weighted by atomic mass is 10.2. The molecule has 5 heteroatoms. The summed E-state index contributed by atoms with van der Waals surface area (Å²) < 4.78 is 19.5. The lowest BCUT2D eigenvalue weighted by Gasteiger charge is -2.04. The maximum absolute atomic E-state index is 13.2. The highest BCUT2D eigenvalue weighted by Gasteiger charge is 2.02. The number of rotatable bonds is 5. The summed E-state index contributed by atoms with van der Waals surface area (Å²) in [7, 11) is 0. The predicted octanol–water partition coefficient (Wildman–Crippen LogP) is 3.98. The van der Waals surface area contributed by atoms with Gasteiger partial charge in [0.05, 0.1) is 16.8 Å². The second-order valence-corrected chi connectivity index (χ2v) is 5.70. The Kier molecular flexibility index (Phi) is 4.46. The highest BCUT2D eigenvalue weighted by molar-refractivity contribution is 7.19. The zero-order valence-electron chi connectivity index (χ0n) is 11.7. The molecule has 0 radical (unpaired) electrons. The summed E-state index contributed by atoms with van der Waals surface area (Å²) in [6.07, 6.45) is 3.83. The molecule has 0 atom stereocenters. The van der Waals surface area contributed by atoms with Crippen molar-refractivity contribution in [1.82, 2.24) is 4.98 Å². The molecule has 3 nitrogen and oxygen atoms in total. The van der Waals surface area contributed by atoms with Crippen LogP contribution in [-0.2, 0) is 0 Å². The van der Waals surface area contributed by atoms with Crippen molar-refractivity contribution in [2.24, 2.45) is 0 Å². The molecule has 3 rings (SSSR count). The van der Waals surface area contributed by atoms with E-state index in [4.69, 9.17) is 9.84 Å². The van der Waals surface area contributed by atoms with Crippen LogP contribution in [-0.4, -0.2) is 23.3 Å². The van der Waals surface area contributed by atoms with Crippen LogP contribution >= 0.6 is 11.3 Å². The van der Waals surface area contributed by atoms with E-state index >= 15 is 0 Å². The van der Waals surface area contributed by atoms with E-state index in [0.717, 1.165) is 15.3 Å². The molecule has 22 heavy (non-hydrogen) atoms. The molecule has 0 saturated carbocycles. The van der Waals surface area contributed by atoms with E-state index < -0.39 is 0 Å². The average Bonchev–Trinajstić information content (AvgIpc) is 2.93. The first-order chi connectivity index (χ1) is 10.7. The molecule has 1 N–H and O–H groups in total. The topological polar surface area (TPSA) is 42.4 Å². The van der Waals surface area contributed by atoms with Gasteiger partial charge in [-0.05, 0) is 35.9 Å². The second kappa shape index (κ2) is 6.68. The molecule has 0 bridgehead atoms. The Morgan fingerprint density at radius 1 is 1.18 bits per heavy atom. The number of aliphatic hydroxyl groups is 1. The Morgan fingerprint density at radius 3 is 2.95 bits per heavy atom. The Balaban J connectivity index is 1.80. The molecule has 112 valence electrons. The summed E-state index contributed by atoms with van der Waals surface area (Å²) in [6, 6.07) is 12.2. The number of fused-ring (bicyclic) bond motifs is 1. The zero-order valence-corrected chi connectivity index (χ0v) is 12.5. The number of aromatic nitrogens is 1. The summed E-state index contributed by atoms with van der Waals surface area (Å²) >= 11 is 1.51. The molecule has 0 aliphatic carbocycles. The third-order valence-electron chi connectivity index (χ3n) is 3.00. The third-order valence-corrected chi connectivity index (χ3v) is 4.00. The number of aliphatic hydroxyl groups excluding tert-OH is 1. The van der Waals surface area contributed by atoms with Crippen molar-refractivity contribution < 1.29 is 14.2 Å². The fourth-order valence-corrected chi connectivity index (χ4v) is 2.88. The average molecular weight is 315 g/mol. The molecule has 1 heterocycles. The first-order valence-electron chi connectivity index (χ1n) is 6.82. The number of halogens is 1. The van der Waals surface area contributed by atoms with E-state index in [9.17, 15) is 4.39 Å². The van der Waals surface area contributed by atoms with Crippen LogP contribution in [0.15, 0.2) is 42.5 Å². The number of thiazole rings is 1. The smallest absolute Gasteiger partial charge is 0.125 e. The highest BCUT2D eigenvalue weighted by atomic mass is 32.1. The van der Waals surface area contributed by atoms with Crippen molar-refractivity contribution in [2.45, 2.75) is 0 Å². The molecule has 0 aliphatic heterocycles. The number of hydrogen-bond acceptors (Lipinski definition) is 4. The molecule has 0 spiro atoms. The van der Waals surface area contributed by atoms with Gasteiger partial charge in [-0.25, -0.2) is 9.37 Å². The van der Waals surface area contributed by atoms with Crippen molar-refractivity contribution in [3.8, 4) is 5.75 Å². The Labute approximate surface area is 131 Å². The Hall–Kier alpha value is -2.24. The molecular weight excluding hydrogens is 301 g/mol. The predicted molar refractivity (Wildman–Crippen MR) is 87.5 cm³/mol. The molecule has 0 fully saturated rings. The van der Waals surface area contributed by atoms with Crippen molar-refractivity contribution >= 4 is 33.7 Å². The fraction of sp³-hybridized carbons (Fsp3) is 0.118. The van der Waals surface area contributed by atoms with E-state index in [0.29, 0.717) is 11.3 Å². The first kappa shape index (κ1) is 14.7. The standard InChI is InChI=1S/C17H14FNO2S/c18-13-5-6-16-15(11-13)19-17(22-16)7-4-12-2-1-3-14(10-12)21-9-8-20/h1-7,10-11,20H,8-9H2. The molecule has 0 amide bonds. The lowest BCUT2D eigenvalue weighted by Crippen LogP contribution is -2.01. The summed E-state index contributed by atoms with van der Waals surface area (Å²) in [6.45, 7) is 0.263. The summed E-state index contributed by atoms with van der Waals surface area (Å²) in [5.41, 5.74) is 1.64. The molecule has 0 saturated heterocycles. The van der Waals surface area contributed by atoms with Crippen LogP contribution in [0.1, 0.15) is 10.6 Å². The van der Waals surface area contributed by atoms with E-state index in [1.807, 2.05) is 36.4 Å². The highest BCUT2D eigenvalue weighted by Crippen LogP contribution is 2.24. The van der Waals surface area contributed by atoms with Gasteiger partial charge in [0.15, 0.2) is 0 Å². The van der Waals surface area contributed by atoms with E-state index in [1.165, 1.54) is 23.5 Å². The number of nitrogens with zero attached hydrogens (tertiary/aromatic N) is 1. The van der Waals surface area contributed by atoms with Gasteiger partial charge in [0, 0.05) is 6.07 Å². The van der Waals surface area contributed by atoms with Crippen LogP contribution in [0.25, 0.3) is 22.4 Å². The van der Waals surface area contributed by atoms with Crippen LogP contribution in [0.5, 0.6) is 5.75 Å². The van der Waals surface area contributed by atoms with Crippen molar-refractivity contribution in [2.75, 3.05) is 13.2 Å². The molecular formula is C17H14FNO2S. The van der Waals surface area contributed by atoms with Gasteiger partial charge >= 0.3 is 0 Å². The van der Waals surface area contributed by atoms with Gasteiger partial charge in [-0.3, -0.25) is 0 Å². The summed E-state index contributed by atoms with van der Waals surface area (Å²) in [4.78, 5) is 4.39. The van der Waals surface area contributed by atoms with Gasteiger partial charge in [0.1, 0.15) is 23.2 Å². The Bertz CT molecular complexity index is 813. The van der Waals surface area contributed by atoms with E-state index in [2.05, 4.69) is 4.98 Å². The van der Waals surface area contributed by atoms with Gasteiger partial charge in [-0.1, -0.05) is 18.2 Å². The number of ether oxygens (including phenoxy) is 1. The quantitative estimate of drug-likeness (QED) is 0.774. The van der Waals surface area contributed by atoms with Crippen molar-refractivity contribution in [3.63, 3.8) is 0 Å². The van der Waals surface area contributed by atoms with Gasteiger partial charge in [0.2, 0.25) is 0 Å². The van der Waals surface area contributed by atoms with Crippen LogP contribution in [0.3, 0.4) is 0 Å². The van der Waals surface area contributed by atoms with Gasteiger partial charge in [-0.15, -0.1) is 11.3 Å². The summed E-state index contributed by atoms with van der Waals surface area (Å²) in [5, 5.41) is 9.59. The maximum Gasteiger partial charge on any atom is 0.125 e. The van der Waals surface area contributed by atoms with Crippen molar-refractivity contribution in [3.05, 3.63) is 58.9 Å². The molecule has 0 unspecified atom stereocenters. The van der Waals surface area contributed by atoms with Crippen LogP contribution in [0.2, 0.25) is 0 Å². The second-order valence-electron chi connectivity index (χ2n) is 4.64. The minimum atomic E-state index is -0.276. The molecule has 0 aliphatic rings. The monoisotopic (exact) mass is 315 g/mol. The minimum absolute atomic E-state index is 0.0116. The fourth-order valence-electron chi connectivity index (χ4n) is 2.03. The Morgan fingerprint density at radius 2 is 2.09 bits per heavy atom.